The average Bonchev–Trinajstić information content (AvgIpc) is 2.84. The maximum Gasteiger partial charge on any atom is 0.0727 e. The number of halogens is 2. The van der Waals surface area contributed by atoms with Crippen molar-refractivity contribution in [3.05, 3.63) is 101 Å². The molecule has 1 atom stereocenters. The fourth-order valence-corrected chi connectivity index (χ4v) is 4.99. The van der Waals surface area contributed by atoms with Gasteiger partial charge in [-0.05, 0) is 61.2 Å². The molecule has 0 spiro atoms. The molecular formula is C28H29Cl2N3. The quantitative estimate of drug-likeness (QED) is 0.340. The van der Waals surface area contributed by atoms with Crippen LogP contribution in [0, 0.1) is 5.92 Å². The standard InChI is InChI=1S/C28H28ClN3.ClH/c29-23-11-12-24-25(18-26(31-27(24)17-23)21-9-5-2-6-10-21)28(30)22-13-15-32(16-14-22)19-20-7-3-1-4-8-20;/h1-12,17-18,22,28H,13-16,19,30H2;1H. The largest absolute Gasteiger partial charge is 0.324 e. The summed E-state index contributed by atoms with van der Waals surface area (Å²) in [5.41, 5.74) is 12.4. The second-order valence-corrected chi connectivity index (χ2v) is 9.19. The van der Waals surface area contributed by atoms with Crippen molar-refractivity contribution >= 4 is 34.9 Å². The van der Waals surface area contributed by atoms with E-state index in [-0.39, 0.29) is 18.4 Å². The van der Waals surface area contributed by atoms with E-state index in [9.17, 15) is 0 Å². The van der Waals surface area contributed by atoms with Crippen LogP contribution in [-0.4, -0.2) is 23.0 Å². The topological polar surface area (TPSA) is 42.1 Å². The third-order valence-electron chi connectivity index (χ3n) is 6.62. The van der Waals surface area contributed by atoms with Crippen molar-refractivity contribution in [2.75, 3.05) is 13.1 Å². The minimum absolute atomic E-state index is 0. The zero-order valence-corrected chi connectivity index (χ0v) is 20.1. The number of hydrogen-bond acceptors (Lipinski definition) is 3. The van der Waals surface area contributed by atoms with Crippen LogP contribution in [0.3, 0.4) is 0 Å². The lowest BCUT2D eigenvalue weighted by Gasteiger charge is -2.35. The zero-order chi connectivity index (χ0) is 21.9. The number of nitrogens with two attached hydrogens (primary N) is 1. The second kappa shape index (κ2) is 10.7. The van der Waals surface area contributed by atoms with E-state index in [1.165, 1.54) is 11.1 Å². The number of benzene rings is 3. The van der Waals surface area contributed by atoms with Crippen LogP contribution in [0.1, 0.15) is 30.0 Å². The van der Waals surface area contributed by atoms with Gasteiger partial charge in [0.05, 0.1) is 11.2 Å². The van der Waals surface area contributed by atoms with Gasteiger partial charge in [0.25, 0.3) is 0 Å². The normalized spacial score (nSPS) is 15.8. The Hall–Kier alpha value is -2.43. The number of nitrogens with zero attached hydrogens (tertiary/aromatic N) is 2. The highest BCUT2D eigenvalue weighted by Gasteiger charge is 2.27. The van der Waals surface area contributed by atoms with Gasteiger partial charge in [0, 0.05) is 28.6 Å². The van der Waals surface area contributed by atoms with E-state index in [0.717, 1.165) is 54.6 Å². The van der Waals surface area contributed by atoms with Crippen LogP contribution < -0.4 is 5.73 Å². The number of hydrogen-bond donors (Lipinski definition) is 1. The fourth-order valence-electron chi connectivity index (χ4n) is 4.83. The molecule has 0 bridgehead atoms. The first-order chi connectivity index (χ1) is 15.7. The van der Waals surface area contributed by atoms with Gasteiger partial charge in [-0.25, -0.2) is 4.98 Å². The van der Waals surface area contributed by atoms with Crippen LogP contribution in [0.25, 0.3) is 22.2 Å². The van der Waals surface area contributed by atoms with Gasteiger partial charge in [0.15, 0.2) is 0 Å². The maximum atomic E-state index is 6.94. The van der Waals surface area contributed by atoms with Crippen LogP contribution in [0.2, 0.25) is 5.02 Å². The van der Waals surface area contributed by atoms with Gasteiger partial charge in [0.1, 0.15) is 0 Å². The smallest absolute Gasteiger partial charge is 0.0727 e. The predicted molar refractivity (Wildman–Crippen MR) is 141 cm³/mol. The summed E-state index contributed by atoms with van der Waals surface area (Å²) in [7, 11) is 0. The number of aromatic nitrogens is 1. The van der Waals surface area contributed by atoms with Gasteiger partial charge in [-0.15, -0.1) is 12.4 Å². The van der Waals surface area contributed by atoms with Crippen molar-refractivity contribution in [1.82, 2.24) is 9.88 Å². The molecule has 170 valence electrons. The van der Waals surface area contributed by atoms with Crippen molar-refractivity contribution in [3.8, 4) is 11.3 Å². The molecular weight excluding hydrogens is 449 g/mol. The lowest BCUT2D eigenvalue weighted by Crippen LogP contribution is -2.37. The highest BCUT2D eigenvalue weighted by atomic mass is 35.5. The molecule has 3 aromatic carbocycles. The molecule has 1 fully saturated rings. The minimum Gasteiger partial charge on any atom is -0.324 e. The molecule has 3 nitrogen and oxygen atoms in total. The molecule has 0 amide bonds. The fraction of sp³-hybridized carbons (Fsp3) is 0.250. The van der Waals surface area contributed by atoms with Crippen molar-refractivity contribution in [2.45, 2.75) is 25.4 Å². The van der Waals surface area contributed by atoms with Gasteiger partial charge < -0.3 is 5.73 Å². The Kier molecular flexibility index (Phi) is 7.67. The monoisotopic (exact) mass is 477 g/mol. The van der Waals surface area contributed by atoms with E-state index >= 15 is 0 Å². The molecule has 0 saturated carbocycles. The molecule has 33 heavy (non-hydrogen) atoms. The van der Waals surface area contributed by atoms with E-state index in [1.54, 1.807) is 0 Å². The van der Waals surface area contributed by atoms with Crippen molar-refractivity contribution < 1.29 is 0 Å². The molecule has 5 heteroatoms. The number of likely N-dealkylation sites (tertiary alicyclic amines) is 1. The number of fused-ring (bicyclic) bond motifs is 1. The van der Waals surface area contributed by atoms with Crippen LogP contribution in [-0.2, 0) is 6.54 Å². The Morgan fingerprint density at radius 2 is 1.58 bits per heavy atom. The molecule has 4 aromatic rings. The van der Waals surface area contributed by atoms with Crippen molar-refractivity contribution in [3.63, 3.8) is 0 Å². The third kappa shape index (κ3) is 5.39. The van der Waals surface area contributed by atoms with E-state index < -0.39 is 0 Å². The molecule has 2 heterocycles. The molecule has 1 unspecified atom stereocenters. The summed E-state index contributed by atoms with van der Waals surface area (Å²) in [5, 5.41) is 1.80. The second-order valence-electron chi connectivity index (χ2n) is 8.75. The van der Waals surface area contributed by atoms with Crippen LogP contribution >= 0.6 is 24.0 Å². The van der Waals surface area contributed by atoms with E-state index in [2.05, 4.69) is 59.5 Å². The first kappa shape index (κ1) is 23.7. The van der Waals surface area contributed by atoms with Gasteiger partial charge in [-0.3, -0.25) is 4.90 Å². The Balaban J connectivity index is 0.00000259. The van der Waals surface area contributed by atoms with Gasteiger partial charge in [-0.2, -0.15) is 0 Å². The summed E-state index contributed by atoms with van der Waals surface area (Å²) in [4.78, 5) is 7.45. The Labute approximate surface area is 207 Å². The lowest BCUT2D eigenvalue weighted by molar-refractivity contribution is 0.163. The summed E-state index contributed by atoms with van der Waals surface area (Å²) in [6.07, 6.45) is 2.21. The predicted octanol–water partition coefficient (Wildman–Crippen LogP) is 6.89. The van der Waals surface area contributed by atoms with Crippen molar-refractivity contribution in [1.29, 1.82) is 0 Å². The SMILES string of the molecule is Cl.NC(c1cc(-c2ccccc2)nc2cc(Cl)ccc12)C1CCN(Cc2ccccc2)CC1. The lowest BCUT2D eigenvalue weighted by atomic mass is 9.84. The molecule has 1 aromatic heterocycles. The average molecular weight is 478 g/mol. The molecule has 5 rings (SSSR count). The molecule has 0 aliphatic carbocycles. The van der Waals surface area contributed by atoms with E-state index in [4.69, 9.17) is 22.3 Å². The van der Waals surface area contributed by atoms with Gasteiger partial charge >= 0.3 is 0 Å². The van der Waals surface area contributed by atoms with E-state index in [0.29, 0.717) is 10.9 Å². The highest BCUT2D eigenvalue weighted by Crippen LogP contribution is 2.35. The van der Waals surface area contributed by atoms with Gasteiger partial charge in [0.2, 0.25) is 0 Å². The van der Waals surface area contributed by atoms with E-state index in [1.807, 2.05) is 30.3 Å². The first-order valence-corrected chi connectivity index (χ1v) is 11.7. The highest BCUT2D eigenvalue weighted by molar-refractivity contribution is 6.31. The number of pyridine rings is 1. The summed E-state index contributed by atoms with van der Waals surface area (Å²) >= 11 is 6.30. The molecule has 1 saturated heterocycles. The zero-order valence-electron chi connectivity index (χ0n) is 18.5. The van der Waals surface area contributed by atoms with Crippen LogP contribution in [0.15, 0.2) is 84.9 Å². The Bertz CT molecular complexity index is 1190. The molecule has 2 N–H and O–H groups in total. The Morgan fingerprint density at radius 1 is 0.909 bits per heavy atom. The number of piperidine rings is 1. The molecule has 0 radical (unpaired) electrons. The van der Waals surface area contributed by atoms with Crippen LogP contribution in [0.5, 0.6) is 0 Å². The summed E-state index contributed by atoms with van der Waals surface area (Å²) < 4.78 is 0. The Morgan fingerprint density at radius 3 is 2.27 bits per heavy atom. The van der Waals surface area contributed by atoms with Gasteiger partial charge in [-0.1, -0.05) is 78.3 Å². The third-order valence-corrected chi connectivity index (χ3v) is 6.86. The molecule has 1 aliphatic rings. The summed E-state index contributed by atoms with van der Waals surface area (Å²) in [6, 6.07) is 29.1. The first-order valence-electron chi connectivity index (χ1n) is 11.3. The summed E-state index contributed by atoms with van der Waals surface area (Å²) in [6.45, 7) is 3.17. The summed E-state index contributed by atoms with van der Waals surface area (Å²) in [5.74, 6) is 0.451. The van der Waals surface area contributed by atoms with Crippen LogP contribution in [0.4, 0.5) is 0 Å². The molecule has 1 aliphatic heterocycles. The number of rotatable bonds is 5. The maximum absolute atomic E-state index is 6.94. The minimum atomic E-state index is -0.0250. The van der Waals surface area contributed by atoms with Crippen molar-refractivity contribution in [2.24, 2.45) is 11.7 Å².